The number of carbonyl (C=O) groups excluding carboxylic acids is 2. The molecule has 0 saturated heterocycles. The molecule has 0 unspecified atom stereocenters. The Morgan fingerprint density at radius 2 is 1.66 bits per heavy atom. The molecule has 0 aliphatic heterocycles. The third kappa shape index (κ3) is 5.54. The summed E-state index contributed by atoms with van der Waals surface area (Å²) in [5.41, 5.74) is 3.32. The molecule has 0 atom stereocenters. The van der Waals surface area contributed by atoms with Crippen LogP contribution in [0.1, 0.15) is 21.5 Å². The first-order chi connectivity index (χ1) is 16.8. The number of rotatable bonds is 8. The van der Waals surface area contributed by atoms with Gasteiger partial charge in [0.2, 0.25) is 5.91 Å². The molecule has 35 heavy (non-hydrogen) atoms. The van der Waals surface area contributed by atoms with Crippen LogP contribution >= 0.6 is 11.8 Å². The number of fused-ring (bicyclic) bond motifs is 1. The van der Waals surface area contributed by atoms with Crippen LogP contribution in [-0.2, 0) is 11.3 Å². The number of anilines is 1. The van der Waals surface area contributed by atoms with Gasteiger partial charge in [-0.25, -0.2) is 8.78 Å². The number of nitrogens with one attached hydrogen (secondary N) is 2. The van der Waals surface area contributed by atoms with Crippen molar-refractivity contribution in [1.82, 2.24) is 9.88 Å². The highest BCUT2D eigenvalue weighted by atomic mass is 32.2. The fraction of sp³-hybridized carbons (Fsp3) is 0.185. The molecule has 1 aromatic heterocycles. The number of nitrogens with zero attached hydrogens (tertiary/aromatic N) is 1. The predicted molar refractivity (Wildman–Crippen MR) is 136 cm³/mol. The molecule has 4 aromatic rings. The van der Waals surface area contributed by atoms with Crippen molar-refractivity contribution >= 4 is 40.2 Å². The number of hydrogen-bond donors (Lipinski definition) is 2. The van der Waals surface area contributed by atoms with Gasteiger partial charge in [0.1, 0.15) is 17.2 Å². The molecule has 0 saturated carbocycles. The van der Waals surface area contributed by atoms with Crippen molar-refractivity contribution < 1.29 is 18.4 Å². The Balaban J connectivity index is 1.41. The summed E-state index contributed by atoms with van der Waals surface area (Å²) in [6.07, 6.45) is 1.93. The Labute approximate surface area is 206 Å². The molecular weight excluding hydrogens is 468 g/mol. The van der Waals surface area contributed by atoms with Crippen LogP contribution in [0.15, 0.2) is 71.8 Å². The first kappa shape index (κ1) is 24.5. The maximum Gasteiger partial charge on any atom is 0.257 e. The molecule has 0 aliphatic carbocycles. The molecule has 3 aromatic carbocycles. The Kier molecular flexibility index (Phi) is 7.51. The second-order valence-electron chi connectivity index (χ2n) is 8.14. The average molecular weight is 494 g/mol. The minimum absolute atomic E-state index is 0.0975. The summed E-state index contributed by atoms with van der Waals surface area (Å²) in [5, 5.41) is 6.54. The maximum atomic E-state index is 13.9. The maximum absolute atomic E-state index is 13.9. The van der Waals surface area contributed by atoms with Crippen LogP contribution in [-0.4, -0.2) is 28.7 Å². The summed E-state index contributed by atoms with van der Waals surface area (Å²) < 4.78 is 29.7. The van der Waals surface area contributed by atoms with Gasteiger partial charge in [0, 0.05) is 40.8 Å². The smallest absolute Gasteiger partial charge is 0.257 e. The van der Waals surface area contributed by atoms with Crippen molar-refractivity contribution in [3.63, 3.8) is 0 Å². The molecule has 2 amide bonds. The minimum Gasteiger partial charge on any atom is -0.350 e. The number of halogens is 2. The third-order valence-electron chi connectivity index (χ3n) is 5.82. The van der Waals surface area contributed by atoms with Crippen molar-refractivity contribution in [1.29, 1.82) is 0 Å². The van der Waals surface area contributed by atoms with E-state index in [9.17, 15) is 18.4 Å². The Hall–Kier alpha value is -3.65. The lowest BCUT2D eigenvalue weighted by Crippen LogP contribution is -2.28. The first-order valence-corrected chi connectivity index (χ1v) is 12.1. The molecular formula is C27H25F2N3O2S. The van der Waals surface area contributed by atoms with Gasteiger partial charge in [-0.15, -0.1) is 11.8 Å². The predicted octanol–water partition coefficient (Wildman–Crippen LogP) is 5.70. The van der Waals surface area contributed by atoms with Gasteiger partial charge < -0.3 is 15.2 Å². The van der Waals surface area contributed by atoms with Gasteiger partial charge in [0.15, 0.2) is 0 Å². The topological polar surface area (TPSA) is 63.1 Å². The average Bonchev–Trinajstić information content (AvgIpc) is 3.18. The SMILES string of the molecule is Cc1cccc(NC(=O)CSc2cn(CCNC(=O)c3c(F)cccc3F)c3ccccc23)c1C. The van der Waals surface area contributed by atoms with Crippen LogP contribution < -0.4 is 10.6 Å². The molecule has 0 radical (unpaired) electrons. The highest BCUT2D eigenvalue weighted by Gasteiger charge is 2.17. The summed E-state index contributed by atoms with van der Waals surface area (Å²) in [4.78, 5) is 25.8. The molecule has 0 fully saturated rings. The molecule has 1 heterocycles. The Morgan fingerprint density at radius 1 is 0.943 bits per heavy atom. The van der Waals surface area contributed by atoms with Gasteiger partial charge in [-0.1, -0.05) is 36.4 Å². The Morgan fingerprint density at radius 3 is 2.43 bits per heavy atom. The summed E-state index contributed by atoms with van der Waals surface area (Å²) in [5.74, 6) is -2.45. The lowest BCUT2D eigenvalue weighted by Gasteiger charge is -2.10. The monoisotopic (exact) mass is 493 g/mol. The van der Waals surface area contributed by atoms with Crippen LogP contribution in [0.5, 0.6) is 0 Å². The summed E-state index contributed by atoms with van der Waals surface area (Å²) in [7, 11) is 0. The summed E-state index contributed by atoms with van der Waals surface area (Å²) in [6, 6.07) is 16.9. The largest absolute Gasteiger partial charge is 0.350 e. The van der Waals surface area contributed by atoms with E-state index in [2.05, 4.69) is 10.6 Å². The lowest BCUT2D eigenvalue weighted by molar-refractivity contribution is -0.113. The van der Waals surface area contributed by atoms with Gasteiger partial charge in [-0.3, -0.25) is 9.59 Å². The van der Waals surface area contributed by atoms with E-state index in [0.717, 1.165) is 44.7 Å². The standard InChI is InChI=1S/C27H25F2N3O2S/c1-17-7-5-11-22(18(17)2)31-25(33)16-35-24-15-32(23-12-4-3-8-19(23)24)14-13-30-27(34)26-20(28)9-6-10-21(26)29/h3-12,15H,13-14,16H2,1-2H3,(H,30,34)(H,31,33). The highest BCUT2D eigenvalue weighted by molar-refractivity contribution is 8.00. The van der Waals surface area contributed by atoms with Gasteiger partial charge in [-0.05, 0) is 49.2 Å². The quantitative estimate of drug-likeness (QED) is 0.310. The van der Waals surface area contributed by atoms with Crippen molar-refractivity contribution in [3.05, 3.63) is 95.2 Å². The minimum atomic E-state index is -0.897. The van der Waals surface area contributed by atoms with Gasteiger partial charge in [0.25, 0.3) is 5.91 Å². The van der Waals surface area contributed by atoms with E-state index >= 15 is 0 Å². The number of aromatic nitrogens is 1. The second-order valence-corrected chi connectivity index (χ2v) is 9.16. The van der Waals surface area contributed by atoms with Crippen LogP contribution in [0.2, 0.25) is 0 Å². The van der Waals surface area contributed by atoms with E-state index in [-0.39, 0.29) is 18.2 Å². The fourth-order valence-electron chi connectivity index (χ4n) is 3.82. The molecule has 8 heteroatoms. The third-order valence-corrected chi connectivity index (χ3v) is 6.86. The summed E-state index contributed by atoms with van der Waals surface area (Å²) >= 11 is 1.43. The molecule has 5 nitrogen and oxygen atoms in total. The van der Waals surface area contributed by atoms with Crippen molar-refractivity contribution in [2.45, 2.75) is 25.3 Å². The van der Waals surface area contributed by atoms with E-state index in [1.807, 2.05) is 67.1 Å². The Bertz CT molecular complexity index is 1380. The number of amides is 2. The molecule has 0 aliphatic rings. The van der Waals surface area contributed by atoms with E-state index < -0.39 is 23.1 Å². The number of aryl methyl sites for hydroxylation is 1. The number of para-hydroxylation sites is 1. The number of benzene rings is 3. The van der Waals surface area contributed by atoms with E-state index in [0.29, 0.717) is 6.54 Å². The van der Waals surface area contributed by atoms with Crippen LogP contribution in [0.25, 0.3) is 10.9 Å². The second kappa shape index (κ2) is 10.7. The van der Waals surface area contributed by atoms with Gasteiger partial charge in [0.05, 0.1) is 5.75 Å². The molecule has 180 valence electrons. The molecule has 0 bridgehead atoms. The highest BCUT2D eigenvalue weighted by Crippen LogP contribution is 2.30. The van der Waals surface area contributed by atoms with Crippen molar-refractivity contribution in [3.8, 4) is 0 Å². The van der Waals surface area contributed by atoms with Crippen LogP contribution in [0, 0.1) is 25.5 Å². The normalized spacial score (nSPS) is 11.0. The number of hydrogen-bond acceptors (Lipinski definition) is 3. The zero-order valence-electron chi connectivity index (χ0n) is 19.4. The van der Waals surface area contributed by atoms with Gasteiger partial charge in [-0.2, -0.15) is 0 Å². The lowest BCUT2D eigenvalue weighted by atomic mass is 10.1. The number of thioether (sulfide) groups is 1. The van der Waals surface area contributed by atoms with Crippen LogP contribution in [0.4, 0.5) is 14.5 Å². The van der Waals surface area contributed by atoms with E-state index in [1.54, 1.807) is 0 Å². The molecule has 0 spiro atoms. The zero-order chi connectivity index (χ0) is 24.9. The number of carbonyl (C=O) groups is 2. The first-order valence-electron chi connectivity index (χ1n) is 11.1. The molecule has 2 N–H and O–H groups in total. The van der Waals surface area contributed by atoms with Crippen molar-refractivity contribution in [2.75, 3.05) is 17.6 Å². The van der Waals surface area contributed by atoms with E-state index in [4.69, 9.17) is 0 Å². The summed E-state index contributed by atoms with van der Waals surface area (Å²) in [6.45, 7) is 4.56. The fourth-order valence-corrected chi connectivity index (χ4v) is 4.71. The zero-order valence-corrected chi connectivity index (χ0v) is 20.2. The van der Waals surface area contributed by atoms with Crippen LogP contribution in [0.3, 0.4) is 0 Å². The van der Waals surface area contributed by atoms with E-state index in [1.165, 1.54) is 17.8 Å². The van der Waals surface area contributed by atoms with Crippen molar-refractivity contribution in [2.24, 2.45) is 0 Å². The molecule has 4 rings (SSSR count). The van der Waals surface area contributed by atoms with Gasteiger partial charge >= 0.3 is 0 Å².